The number of hydrogen-bond donors (Lipinski definition) is 1. The molecule has 0 aliphatic carbocycles. The molecule has 2 aromatic carbocycles. The van der Waals surface area contributed by atoms with Gasteiger partial charge in [0.25, 0.3) is 0 Å². The third kappa shape index (κ3) is 4.93. The van der Waals surface area contributed by atoms with Gasteiger partial charge in [-0.2, -0.15) is 15.2 Å². The molecule has 48 heavy (non-hydrogen) atoms. The molecule has 3 fully saturated rings. The summed E-state index contributed by atoms with van der Waals surface area (Å²) < 4.78 is 71.0. The van der Waals surface area contributed by atoms with Crippen LogP contribution in [-0.2, 0) is 9.47 Å². The number of aromatic nitrogens is 2. The Balaban J connectivity index is 1.34. The van der Waals surface area contributed by atoms with Crippen molar-refractivity contribution in [1.29, 1.82) is 5.26 Å². The molecule has 0 spiro atoms. The Morgan fingerprint density at radius 2 is 2.06 bits per heavy atom. The molecule has 6 heterocycles. The van der Waals surface area contributed by atoms with Crippen LogP contribution >= 0.6 is 22.9 Å². The molecule has 2 unspecified atom stereocenters. The SMILES string of the molecule is COCC1COCC2COc3c(Cl)c(-c4ccc(F)c5sc(N)c(C#N)c45)c(F)c4nc(OC[C@@]56CCCN5C[C@H](F)C6)nc(c34)N2C1. The maximum atomic E-state index is 17.2. The van der Waals surface area contributed by atoms with E-state index in [4.69, 9.17) is 41.3 Å². The topological polar surface area (TPSA) is 119 Å². The van der Waals surface area contributed by atoms with E-state index < -0.39 is 23.3 Å². The van der Waals surface area contributed by atoms with Gasteiger partial charge in [-0.25, -0.2) is 13.2 Å². The van der Waals surface area contributed by atoms with Gasteiger partial charge in [0, 0.05) is 43.5 Å². The molecule has 0 radical (unpaired) electrons. The number of fused-ring (bicyclic) bond motifs is 4. The van der Waals surface area contributed by atoms with Gasteiger partial charge in [0.15, 0.2) is 11.6 Å². The van der Waals surface area contributed by atoms with Crippen LogP contribution < -0.4 is 20.1 Å². The predicted octanol–water partition coefficient (Wildman–Crippen LogP) is 5.71. The van der Waals surface area contributed by atoms with Crippen LogP contribution in [0, 0.1) is 28.9 Å². The Kier molecular flexibility index (Phi) is 7.95. The zero-order chi connectivity index (χ0) is 33.3. The molecule has 2 N–H and O–H groups in total. The summed E-state index contributed by atoms with van der Waals surface area (Å²) >= 11 is 7.96. The fraction of sp³-hybridized carbons (Fsp3) is 0.485. The third-order valence-corrected chi connectivity index (χ3v) is 11.4. The largest absolute Gasteiger partial charge is 0.489 e. The summed E-state index contributed by atoms with van der Waals surface area (Å²) in [5.74, 6) is -0.927. The Morgan fingerprint density at radius 3 is 2.88 bits per heavy atom. The monoisotopic (exact) mass is 700 g/mol. The second kappa shape index (κ2) is 12.1. The molecule has 0 saturated carbocycles. The molecule has 0 bridgehead atoms. The molecule has 4 aliphatic rings. The number of ether oxygens (including phenoxy) is 4. The highest BCUT2D eigenvalue weighted by molar-refractivity contribution is 7.23. The summed E-state index contributed by atoms with van der Waals surface area (Å²) in [6.07, 6.45) is 1.09. The highest BCUT2D eigenvalue weighted by atomic mass is 35.5. The molecule has 4 atom stereocenters. The minimum Gasteiger partial charge on any atom is -0.489 e. The third-order valence-electron chi connectivity index (χ3n) is 10.0. The Labute approximate surface area is 283 Å². The van der Waals surface area contributed by atoms with Gasteiger partial charge in [-0.05, 0) is 31.0 Å². The summed E-state index contributed by atoms with van der Waals surface area (Å²) in [6, 6.07) is 4.21. The van der Waals surface area contributed by atoms with Gasteiger partial charge in [-0.15, -0.1) is 11.3 Å². The summed E-state index contributed by atoms with van der Waals surface area (Å²) in [4.78, 5) is 13.6. The van der Waals surface area contributed by atoms with Crippen LogP contribution in [0.2, 0.25) is 5.02 Å². The molecule has 8 rings (SSSR count). The fourth-order valence-corrected chi connectivity index (χ4v) is 9.17. The van der Waals surface area contributed by atoms with Crippen LogP contribution in [0.4, 0.5) is 24.0 Å². The van der Waals surface area contributed by atoms with Crippen molar-refractivity contribution in [2.45, 2.75) is 37.0 Å². The minimum atomic E-state index is -0.953. The lowest BCUT2D eigenvalue weighted by atomic mass is 9.95. The molecule has 4 aromatic rings. The first-order chi connectivity index (χ1) is 23.2. The van der Waals surface area contributed by atoms with E-state index in [2.05, 4.69) is 9.88 Å². The van der Waals surface area contributed by atoms with E-state index in [9.17, 15) is 9.65 Å². The molecule has 10 nitrogen and oxygen atoms in total. The summed E-state index contributed by atoms with van der Waals surface area (Å²) in [5, 5.41) is 10.4. The second-order valence-corrected chi connectivity index (χ2v) is 14.4. The lowest BCUT2D eigenvalue weighted by molar-refractivity contribution is 0.0675. The molecule has 2 aromatic heterocycles. The first-order valence-electron chi connectivity index (χ1n) is 15.8. The van der Waals surface area contributed by atoms with Crippen molar-refractivity contribution in [3.05, 3.63) is 34.4 Å². The molecule has 4 aliphatic heterocycles. The van der Waals surface area contributed by atoms with Gasteiger partial charge < -0.3 is 29.6 Å². The number of methoxy groups -OCH3 is 1. The highest BCUT2D eigenvalue weighted by Gasteiger charge is 2.49. The van der Waals surface area contributed by atoms with Gasteiger partial charge in [0.05, 0.1) is 52.1 Å². The van der Waals surface area contributed by atoms with Crippen molar-refractivity contribution >= 4 is 54.7 Å². The number of alkyl halides is 1. The number of halogens is 4. The van der Waals surface area contributed by atoms with Crippen LogP contribution in [0.15, 0.2) is 12.1 Å². The van der Waals surface area contributed by atoms with Crippen molar-refractivity contribution in [3.8, 4) is 29.0 Å². The lowest BCUT2D eigenvalue weighted by Crippen LogP contribution is -2.44. The molecule has 0 amide bonds. The van der Waals surface area contributed by atoms with Crippen molar-refractivity contribution in [1.82, 2.24) is 14.9 Å². The Bertz CT molecular complexity index is 1990. The quantitative estimate of drug-likeness (QED) is 0.268. The first-order valence-corrected chi connectivity index (χ1v) is 17.0. The van der Waals surface area contributed by atoms with Crippen LogP contribution in [0.3, 0.4) is 0 Å². The lowest BCUT2D eigenvalue weighted by Gasteiger charge is -2.32. The van der Waals surface area contributed by atoms with E-state index in [1.807, 2.05) is 11.0 Å². The van der Waals surface area contributed by atoms with Crippen molar-refractivity contribution in [3.63, 3.8) is 0 Å². The Morgan fingerprint density at radius 1 is 1.21 bits per heavy atom. The molecular weight excluding hydrogens is 669 g/mol. The van der Waals surface area contributed by atoms with Crippen molar-refractivity contribution in [2.75, 3.05) is 70.4 Å². The molecule has 3 saturated heterocycles. The van der Waals surface area contributed by atoms with E-state index in [1.165, 1.54) is 12.1 Å². The van der Waals surface area contributed by atoms with E-state index in [0.29, 0.717) is 45.1 Å². The van der Waals surface area contributed by atoms with Crippen LogP contribution in [0.5, 0.6) is 11.8 Å². The van der Waals surface area contributed by atoms with Crippen LogP contribution in [0.25, 0.3) is 32.1 Å². The number of nitrogen functional groups attached to an aromatic ring is 1. The van der Waals surface area contributed by atoms with Gasteiger partial charge in [-0.3, -0.25) is 4.90 Å². The van der Waals surface area contributed by atoms with Crippen molar-refractivity contribution < 1.29 is 32.1 Å². The van der Waals surface area contributed by atoms with Crippen LogP contribution in [-0.4, -0.2) is 92.4 Å². The average molecular weight is 701 g/mol. The summed E-state index contributed by atoms with van der Waals surface area (Å²) in [7, 11) is 1.62. The van der Waals surface area contributed by atoms with E-state index >= 15 is 8.78 Å². The van der Waals surface area contributed by atoms with E-state index in [-0.39, 0.29) is 84.6 Å². The number of nitrogens with two attached hydrogens (primary N) is 1. The second-order valence-electron chi connectivity index (χ2n) is 13.0. The Hall–Kier alpha value is -3.61. The maximum Gasteiger partial charge on any atom is 0.319 e. The maximum absolute atomic E-state index is 17.2. The summed E-state index contributed by atoms with van der Waals surface area (Å²) in [6.45, 7) is 3.06. The molecule has 15 heteroatoms. The van der Waals surface area contributed by atoms with Gasteiger partial charge in [0.2, 0.25) is 0 Å². The first kappa shape index (κ1) is 31.6. The minimum absolute atomic E-state index is 0.0251. The smallest absolute Gasteiger partial charge is 0.319 e. The molecule has 252 valence electrons. The van der Waals surface area contributed by atoms with E-state index in [0.717, 1.165) is 30.7 Å². The van der Waals surface area contributed by atoms with E-state index in [1.54, 1.807) is 7.11 Å². The normalized spacial score (nSPS) is 25.4. The molecular formula is C33H32ClF3N6O4S. The number of nitrogens with zero attached hydrogens (tertiary/aromatic N) is 5. The predicted molar refractivity (Wildman–Crippen MR) is 176 cm³/mol. The van der Waals surface area contributed by atoms with Gasteiger partial charge >= 0.3 is 6.01 Å². The van der Waals surface area contributed by atoms with Crippen molar-refractivity contribution in [2.24, 2.45) is 5.92 Å². The zero-order valence-electron chi connectivity index (χ0n) is 26.0. The number of anilines is 2. The highest BCUT2D eigenvalue weighted by Crippen LogP contribution is 2.51. The van der Waals surface area contributed by atoms with Gasteiger partial charge in [-0.1, -0.05) is 17.7 Å². The van der Waals surface area contributed by atoms with Crippen LogP contribution in [0.1, 0.15) is 24.8 Å². The zero-order valence-corrected chi connectivity index (χ0v) is 27.6. The number of thiophene rings is 1. The number of hydrogen-bond acceptors (Lipinski definition) is 11. The number of nitriles is 1. The fourth-order valence-electron chi connectivity index (χ4n) is 7.89. The number of rotatable bonds is 6. The number of benzene rings is 2. The average Bonchev–Trinajstić information content (AvgIpc) is 3.61. The standard InChI is InChI=1S/C33H32ClF3N6O4S/c1-44-11-16-9-43-18(13-45-12-16)14-46-28-24-27(40-32(41-31(24)43)47-15-33-5-2-6-42(33)10-17(35)7-33)26(37)23(25(28)34)19-3-4-21(36)29-22(19)20(8-38)30(39)48-29/h3-4,16-18H,2,5-7,9-15,39H2,1H3/t16?,17-,18?,33+/m1/s1. The van der Waals surface area contributed by atoms with Gasteiger partial charge in [0.1, 0.15) is 47.6 Å². The summed E-state index contributed by atoms with van der Waals surface area (Å²) in [5.41, 5.74) is 5.58.